The smallest absolute Gasteiger partial charge is 0.174 e. The second kappa shape index (κ2) is 7.72. The van der Waals surface area contributed by atoms with E-state index in [-0.39, 0.29) is 35.4 Å². The molecule has 3 N–H and O–H groups in total. The number of ether oxygens (including phenoxy) is 1. The molecule has 2 saturated carbocycles. The monoisotopic (exact) mass is 488 g/mol. The maximum atomic E-state index is 14.1. The molecule has 35 heavy (non-hydrogen) atoms. The van der Waals surface area contributed by atoms with Crippen molar-refractivity contribution in [2.45, 2.75) is 117 Å². The van der Waals surface area contributed by atoms with E-state index in [0.717, 1.165) is 31.3 Å². The molecule has 1 heterocycles. The van der Waals surface area contributed by atoms with Crippen LogP contribution in [0.1, 0.15) is 92.9 Å². The minimum absolute atomic E-state index is 0.0402. The number of carbonyl (C=O) groups is 2. The molecule has 0 bridgehead atoms. The topological polar surface area (TPSA) is 104 Å². The molecule has 6 nitrogen and oxygen atoms in total. The Labute approximate surface area is 209 Å². The summed E-state index contributed by atoms with van der Waals surface area (Å²) in [5.74, 6) is -0.0887. The predicted molar refractivity (Wildman–Crippen MR) is 131 cm³/mol. The number of aliphatic hydroxyl groups is 3. The van der Waals surface area contributed by atoms with E-state index in [9.17, 15) is 24.9 Å². The minimum Gasteiger partial charge on any atom is -0.396 e. The van der Waals surface area contributed by atoms with Crippen LogP contribution in [-0.4, -0.2) is 57.4 Å². The van der Waals surface area contributed by atoms with Crippen LogP contribution >= 0.6 is 0 Å². The molecule has 10 unspecified atom stereocenters. The first-order valence-electron chi connectivity index (χ1n) is 13.7. The third-order valence-electron chi connectivity index (χ3n) is 12.3. The molecule has 1 saturated heterocycles. The summed E-state index contributed by atoms with van der Waals surface area (Å²) < 4.78 is 6.56. The molecular weight excluding hydrogens is 444 g/mol. The predicted octanol–water partition coefficient (Wildman–Crippen LogP) is 3.75. The number of hydrogen-bond donors (Lipinski definition) is 3. The first-order valence-corrected chi connectivity index (χ1v) is 13.7. The summed E-state index contributed by atoms with van der Waals surface area (Å²) in [6.07, 6.45) is 3.11. The van der Waals surface area contributed by atoms with Crippen LogP contribution in [0.5, 0.6) is 0 Å². The van der Waals surface area contributed by atoms with Crippen molar-refractivity contribution in [3.8, 4) is 0 Å². The van der Waals surface area contributed by atoms with Crippen LogP contribution < -0.4 is 0 Å². The van der Waals surface area contributed by atoms with Crippen LogP contribution in [0.3, 0.4) is 0 Å². The number of hydrogen-bond acceptors (Lipinski definition) is 6. The molecular formula is C29H44O6. The van der Waals surface area contributed by atoms with Crippen molar-refractivity contribution < 1.29 is 29.6 Å². The van der Waals surface area contributed by atoms with Gasteiger partial charge >= 0.3 is 0 Å². The van der Waals surface area contributed by atoms with Crippen LogP contribution in [-0.2, 0) is 14.3 Å². The molecule has 5 rings (SSSR count). The van der Waals surface area contributed by atoms with Crippen molar-refractivity contribution in [1.29, 1.82) is 0 Å². The zero-order chi connectivity index (χ0) is 25.8. The van der Waals surface area contributed by atoms with Gasteiger partial charge in [0.2, 0.25) is 0 Å². The van der Waals surface area contributed by atoms with Crippen LogP contribution in [0.2, 0.25) is 0 Å². The van der Waals surface area contributed by atoms with Crippen molar-refractivity contribution in [2.75, 3.05) is 6.61 Å². The van der Waals surface area contributed by atoms with Gasteiger partial charge in [-0.25, -0.2) is 0 Å². The third-order valence-corrected chi connectivity index (χ3v) is 12.3. The fraction of sp³-hybridized carbons (Fsp3) is 0.862. The van der Waals surface area contributed by atoms with E-state index in [2.05, 4.69) is 13.8 Å². The Morgan fingerprint density at radius 1 is 1.06 bits per heavy atom. The van der Waals surface area contributed by atoms with E-state index in [0.29, 0.717) is 25.7 Å². The van der Waals surface area contributed by atoms with Crippen molar-refractivity contribution in [3.05, 3.63) is 11.1 Å². The number of ketones is 2. The van der Waals surface area contributed by atoms with Gasteiger partial charge in [0.25, 0.3) is 0 Å². The number of allylic oxidation sites excluding steroid dienone is 2. The molecule has 4 aliphatic carbocycles. The average Bonchev–Trinajstić information content (AvgIpc) is 3.25. The number of rotatable bonds is 3. The van der Waals surface area contributed by atoms with Crippen LogP contribution in [0.25, 0.3) is 0 Å². The molecule has 0 aromatic heterocycles. The van der Waals surface area contributed by atoms with Gasteiger partial charge in [0, 0.05) is 17.3 Å². The molecule has 0 aromatic rings. The van der Waals surface area contributed by atoms with Crippen LogP contribution in [0.4, 0.5) is 0 Å². The summed E-state index contributed by atoms with van der Waals surface area (Å²) in [5.41, 5.74) is -0.836. The van der Waals surface area contributed by atoms with Crippen molar-refractivity contribution >= 4 is 11.6 Å². The van der Waals surface area contributed by atoms with Gasteiger partial charge in [-0.3, -0.25) is 9.59 Å². The molecule has 1 aliphatic heterocycles. The Kier molecular flexibility index (Phi) is 5.64. The highest BCUT2D eigenvalue weighted by Gasteiger charge is 2.79. The Hall–Kier alpha value is -1.08. The summed E-state index contributed by atoms with van der Waals surface area (Å²) in [7, 11) is 0. The van der Waals surface area contributed by atoms with E-state index in [1.807, 2.05) is 27.7 Å². The normalized spacial score (nSPS) is 53.5. The minimum atomic E-state index is -1.25. The fourth-order valence-corrected chi connectivity index (χ4v) is 9.96. The van der Waals surface area contributed by atoms with E-state index >= 15 is 0 Å². The zero-order valence-corrected chi connectivity index (χ0v) is 22.3. The Balaban J connectivity index is 1.64. The van der Waals surface area contributed by atoms with Gasteiger partial charge in [-0.15, -0.1) is 0 Å². The first kappa shape index (κ1) is 25.6. The maximum absolute atomic E-state index is 14.1. The molecule has 0 aromatic carbocycles. The molecule has 0 radical (unpaired) electrons. The highest BCUT2D eigenvalue weighted by Crippen LogP contribution is 2.74. The highest BCUT2D eigenvalue weighted by atomic mass is 16.5. The van der Waals surface area contributed by atoms with Gasteiger partial charge in [-0.2, -0.15) is 0 Å². The lowest BCUT2D eigenvalue weighted by Crippen LogP contribution is -2.60. The second-order valence-corrected chi connectivity index (χ2v) is 13.3. The van der Waals surface area contributed by atoms with E-state index in [4.69, 9.17) is 4.74 Å². The summed E-state index contributed by atoms with van der Waals surface area (Å²) >= 11 is 0. The van der Waals surface area contributed by atoms with Gasteiger partial charge in [0.15, 0.2) is 11.6 Å². The lowest BCUT2D eigenvalue weighted by Gasteiger charge is -2.62. The highest BCUT2D eigenvalue weighted by molar-refractivity contribution is 5.97. The van der Waals surface area contributed by atoms with Gasteiger partial charge in [0.05, 0.1) is 18.1 Å². The number of fused-ring (bicyclic) bond motifs is 5. The summed E-state index contributed by atoms with van der Waals surface area (Å²) in [4.78, 5) is 26.8. The van der Waals surface area contributed by atoms with E-state index < -0.39 is 40.2 Å². The average molecular weight is 489 g/mol. The van der Waals surface area contributed by atoms with Gasteiger partial charge in [0.1, 0.15) is 17.8 Å². The molecule has 1 spiro atoms. The van der Waals surface area contributed by atoms with Gasteiger partial charge in [-0.05, 0) is 69.1 Å². The molecule has 6 heteroatoms. The summed E-state index contributed by atoms with van der Waals surface area (Å²) in [6, 6.07) is 0. The number of carbonyl (C=O) groups excluding carboxylic acids is 2. The second-order valence-electron chi connectivity index (χ2n) is 13.3. The van der Waals surface area contributed by atoms with Crippen molar-refractivity contribution in [2.24, 2.45) is 33.5 Å². The van der Waals surface area contributed by atoms with Crippen molar-refractivity contribution in [1.82, 2.24) is 0 Å². The fourth-order valence-electron chi connectivity index (χ4n) is 9.96. The Morgan fingerprint density at radius 3 is 2.37 bits per heavy atom. The Bertz CT molecular complexity index is 988. The molecule has 5 aliphatic rings. The lowest BCUT2D eigenvalue weighted by atomic mass is 9.42. The van der Waals surface area contributed by atoms with Crippen LogP contribution in [0, 0.1) is 33.5 Å². The molecule has 10 atom stereocenters. The third kappa shape index (κ3) is 2.70. The molecule has 0 amide bonds. The van der Waals surface area contributed by atoms with E-state index in [1.54, 1.807) is 0 Å². The summed E-state index contributed by atoms with van der Waals surface area (Å²) in [6.45, 7) is 12.3. The van der Waals surface area contributed by atoms with Crippen LogP contribution in [0.15, 0.2) is 11.1 Å². The summed E-state index contributed by atoms with van der Waals surface area (Å²) in [5, 5.41) is 32.8. The maximum Gasteiger partial charge on any atom is 0.174 e. The zero-order valence-electron chi connectivity index (χ0n) is 22.3. The molecule has 196 valence electrons. The Morgan fingerprint density at radius 2 is 1.74 bits per heavy atom. The lowest BCUT2D eigenvalue weighted by molar-refractivity contribution is -0.188. The number of aliphatic hydroxyl groups excluding tert-OH is 3. The van der Waals surface area contributed by atoms with Gasteiger partial charge < -0.3 is 20.1 Å². The van der Waals surface area contributed by atoms with Gasteiger partial charge in [-0.1, -0.05) is 45.8 Å². The standard InChI is InChI=1S/C29H44O6/c1-7-19(31)20-14-16(2)29(35-20)24(34)23(33)28(6)18-8-9-21-25(3,17(18)10-13-27(28,29)5)12-11-22(32)26(21,4)15-30/h16,20-22,24,30,32,34H,7-15H2,1-6H3. The largest absolute Gasteiger partial charge is 0.396 e. The SMILES string of the molecule is CCC(=O)C1CC(C)C2(O1)C(O)C(=O)C1(C)C3=C(CCC12C)C1(C)CCC(O)C(C)(CO)C1CC3. The first-order chi connectivity index (χ1) is 16.3. The molecule has 3 fully saturated rings. The number of Topliss-reactive ketones (excluding diaryl/α,β-unsaturated/α-hetero) is 2. The van der Waals surface area contributed by atoms with E-state index in [1.165, 1.54) is 5.57 Å². The quantitative estimate of drug-likeness (QED) is 0.523. The van der Waals surface area contributed by atoms with Crippen molar-refractivity contribution in [3.63, 3.8) is 0 Å².